The lowest BCUT2D eigenvalue weighted by Crippen LogP contribution is -2.03. The molecule has 1 aromatic heterocycles. The molecule has 1 aromatic rings. The van der Waals surface area contributed by atoms with E-state index in [-0.39, 0.29) is 11.4 Å². The average Bonchev–Trinajstić information content (AvgIpc) is 2.05. The van der Waals surface area contributed by atoms with E-state index in [1.165, 1.54) is 12.1 Å². The standard InChI is InChI=1S/C6H4N4O2/c7-10-9-6-4(3-11)1-2-5(12)8-6/h1-3H,(H,8,12). The van der Waals surface area contributed by atoms with Gasteiger partial charge in [0.15, 0.2) is 6.29 Å². The smallest absolute Gasteiger partial charge is 0.248 e. The third-order valence-corrected chi connectivity index (χ3v) is 1.20. The Morgan fingerprint density at radius 2 is 2.33 bits per heavy atom. The molecule has 0 aromatic carbocycles. The lowest BCUT2D eigenvalue weighted by molar-refractivity contribution is 0.112. The first-order valence-electron chi connectivity index (χ1n) is 3.01. The third kappa shape index (κ3) is 1.50. The number of H-pyrrole nitrogens is 1. The maximum absolute atomic E-state index is 10.7. The summed E-state index contributed by atoms with van der Waals surface area (Å²) in [4.78, 5) is 25.7. The largest absolute Gasteiger partial charge is 0.320 e. The van der Waals surface area contributed by atoms with Crippen LogP contribution in [0.4, 0.5) is 5.82 Å². The molecule has 0 aliphatic rings. The molecule has 1 rings (SSSR count). The molecule has 0 fully saturated rings. The van der Waals surface area contributed by atoms with Gasteiger partial charge in [0, 0.05) is 16.5 Å². The number of aldehydes is 1. The van der Waals surface area contributed by atoms with Gasteiger partial charge in [-0.15, -0.1) is 0 Å². The molecule has 1 N–H and O–H groups in total. The maximum Gasteiger partial charge on any atom is 0.248 e. The van der Waals surface area contributed by atoms with E-state index < -0.39 is 5.56 Å². The fourth-order valence-electron chi connectivity index (χ4n) is 0.697. The monoisotopic (exact) mass is 164 g/mol. The zero-order valence-electron chi connectivity index (χ0n) is 5.89. The minimum Gasteiger partial charge on any atom is -0.320 e. The topological polar surface area (TPSA) is 98.7 Å². The Bertz CT molecular complexity index is 402. The van der Waals surface area contributed by atoms with Gasteiger partial charge in [0.1, 0.15) is 5.82 Å². The van der Waals surface area contributed by atoms with Crippen LogP contribution in [0.1, 0.15) is 10.4 Å². The lowest BCUT2D eigenvalue weighted by atomic mass is 10.3. The van der Waals surface area contributed by atoms with Crippen LogP contribution in [-0.4, -0.2) is 11.3 Å². The Morgan fingerprint density at radius 1 is 1.58 bits per heavy atom. The molecule has 0 saturated carbocycles. The molecule has 0 unspecified atom stereocenters. The molecule has 6 nitrogen and oxygen atoms in total. The van der Waals surface area contributed by atoms with Crippen molar-refractivity contribution in [2.75, 3.05) is 0 Å². The molecule has 0 atom stereocenters. The SMILES string of the molecule is [N-]=[N+]=Nc1[nH]c(=O)ccc1C=O. The van der Waals surface area contributed by atoms with Crippen LogP contribution < -0.4 is 5.56 Å². The Balaban J connectivity index is 3.40. The number of hydrogen-bond acceptors (Lipinski definition) is 3. The summed E-state index contributed by atoms with van der Waals surface area (Å²) >= 11 is 0. The van der Waals surface area contributed by atoms with Gasteiger partial charge < -0.3 is 4.98 Å². The number of carbonyl (C=O) groups is 1. The summed E-state index contributed by atoms with van der Waals surface area (Å²) in [6.45, 7) is 0. The van der Waals surface area contributed by atoms with E-state index in [2.05, 4.69) is 15.0 Å². The normalized spacial score (nSPS) is 8.67. The average molecular weight is 164 g/mol. The van der Waals surface area contributed by atoms with Gasteiger partial charge in [-0.3, -0.25) is 9.59 Å². The summed E-state index contributed by atoms with van der Waals surface area (Å²) in [5.74, 6) is -0.0556. The van der Waals surface area contributed by atoms with Crippen LogP contribution in [0, 0.1) is 0 Å². The van der Waals surface area contributed by atoms with E-state index >= 15 is 0 Å². The number of rotatable bonds is 2. The number of nitrogens with zero attached hydrogens (tertiary/aromatic N) is 3. The second-order valence-corrected chi connectivity index (χ2v) is 1.93. The highest BCUT2D eigenvalue weighted by atomic mass is 16.1. The summed E-state index contributed by atoms with van der Waals surface area (Å²) < 4.78 is 0. The van der Waals surface area contributed by atoms with Gasteiger partial charge >= 0.3 is 0 Å². The molecule has 12 heavy (non-hydrogen) atoms. The van der Waals surface area contributed by atoms with Crippen molar-refractivity contribution in [3.05, 3.63) is 38.5 Å². The van der Waals surface area contributed by atoms with E-state index in [9.17, 15) is 9.59 Å². The summed E-state index contributed by atoms with van der Waals surface area (Å²) in [5, 5.41) is 3.13. The first-order chi connectivity index (χ1) is 5.77. The molecule has 1 heterocycles. The van der Waals surface area contributed by atoms with E-state index in [0.29, 0.717) is 6.29 Å². The van der Waals surface area contributed by atoms with Crippen molar-refractivity contribution in [1.82, 2.24) is 4.98 Å². The summed E-state index contributed by atoms with van der Waals surface area (Å²) in [5.41, 5.74) is 7.80. The van der Waals surface area contributed by atoms with Crippen LogP contribution in [0.25, 0.3) is 10.4 Å². The van der Waals surface area contributed by atoms with Crippen LogP contribution in [0.3, 0.4) is 0 Å². The Kier molecular flexibility index (Phi) is 2.25. The summed E-state index contributed by atoms with van der Waals surface area (Å²) in [6, 6.07) is 2.47. The van der Waals surface area contributed by atoms with Gasteiger partial charge in [0.25, 0.3) is 0 Å². The Hall–Kier alpha value is -2.07. The molecular weight excluding hydrogens is 160 g/mol. The minimum atomic E-state index is -0.414. The molecule has 60 valence electrons. The van der Waals surface area contributed by atoms with Crippen molar-refractivity contribution >= 4 is 12.1 Å². The van der Waals surface area contributed by atoms with Gasteiger partial charge in [-0.1, -0.05) is 0 Å². The van der Waals surface area contributed by atoms with Crippen LogP contribution in [0.15, 0.2) is 22.0 Å². The number of carbonyl (C=O) groups excluding carboxylic acids is 1. The number of aromatic nitrogens is 1. The molecule has 0 spiro atoms. The number of pyridine rings is 1. The molecule has 0 bridgehead atoms. The van der Waals surface area contributed by atoms with E-state index in [4.69, 9.17) is 5.53 Å². The molecule has 0 aliphatic heterocycles. The zero-order chi connectivity index (χ0) is 8.97. The van der Waals surface area contributed by atoms with Crippen molar-refractivity contribution < 1.29 is 4.79 Å². The predicted molar refractivity (Wildman–Crippen MR) is 41.3 cm³/mol. The highest BCUT2D eigenvalue weighted by Crippen LogP contribution is 2.09. The molecule has 0 amide bonds. The molecule has 6 heteroatoms. The van der Waals surface area contributed by atoms with Crippen LogP contribution in [0.2, 0.25) is 0 Å². The van der Waals surface area contributed by atoms with Gasteiger partial charge in [-0.05, 0) is 16.7 Å². The highest BCUT2D eigenvalue weighted by molar-refractivity contribution is 5.80. The predicted octanol–water partition coefficient (Wildman–Crippen LogP) is 1.13. The van der Waals surface area contributed by atoms with Crippen molar-refractivity contribution in [1.29, 1.82) is 0 Å². The fourth-order valence-corrected chi connectivity index (χ4v) is 0.697. The van der Waals surface area contributed by atoms with Gasteiger partial charge in [-0.25, -0.2) is 0 Å². The fraction of sp³-hybridized carbons (Fsp3) is 0. The molecular formula is C6H4N4O2. The zero-order valence-corrected chi connectivity index (χ0v) is 5.89. The lowest BCUT2D eigenvalue weighted by Gasteiger charge is -1.93. The van der Waals surface area contributed by atoms with Crippen LogP contribution in [-0.2, 0) is 0 Å². The van der Waals surface area contributed by atoms with Crippen molar-refractivity contribution in [3.8, 4) is 0 Å². The highest BCUT2D eigenvalue weighted by Gasteiger charge is 1.98. The van der Waals surface area contributed by atoms with Gasteiger partial charge in [0.05, 0.1) is 0 Å². The number of azide groups is 1. The van der Waals surface area contributed by atoms with E-state index in [1.807, 2.05) is 0 Å². The summed E-state index contributed by atoms with van der Waals surface area (Å²) in [6.07, 6.45) is 0.500. The number of hydrogen-bond donors (Lipinski definition) is 1. The molecule has 0 saturated heterocycles. The van der Waals surface area contributed by atoms with Crippen LogP contribution >= 0.6 is 0 Å². The minimum absolute atomic E-state index is 0.0556. The van der Waals surface area contributed by atoms with E-state index in [0.717, 1.165) is 0 Å². The summed E-state index contributed by atoms with van der Waals surface area (Å²) in [7, 11) is 0. The molecule has 0 aliphatic carbocycles. The van der Waals surface area contributed by atoms with Crippen molar-refractivity contribution in [2.24, 2.45) is 5.11 Å². The van der Waals surface area contributed by atoms with Crippen LogP contribution in [0.5, 0.6) is 0 Å². The van der Waals surface area contributed by atoms with Gasteiger partial charge in [0.2, 0.25) is 5.56 Å². The van der Waals surface area contributed by atoms with Crippen molar-refractivity contribution in [3.63, 3.8) is 0 Å². The number of aromatic amines is 1. The second-order valence-electron chi connectivity index (χ2n) is 1.93. The Morgan fingerprint density at radius 3 is 2.92 bits per heavy atom. The molecule has 0 radical (unpaired) electrons. The van der Waals surface area contributed by atoms with E-state index in [1.54, 1.807) is 0 Å². The Labute approximate surface area is 66.5 Å². The first kappa shape index (κ1) is 8.03. The third-order valence-electron chi connectivity index (χ3n) is 1.20. The second kappa shape index (κ2) is 3.36. The number of nitrogens with one attached hydrogen (secondary N) is 1. The van der Waals surface area contributed by atoms with Gasteiger partial charge in [-0.2, -0.15) is 0 Å². The first-order valence-corrected chi connectivity index (χ1v) is 3.01. The van der Waals surface area contributed by atoms with Crippen molar-refractivity contribution in [2.45, 2.75) is 0 Å². The maximum atomic E-state index is 10.7. The quantitative estimate of drug-likeness (QED) is 0.306.